The molecule has 1 aromatic carbocycles. The van der Waals surface area contributed by atoms with Crippen molar-refractivity contribution in [3.05, 3.63) is 47.6 Å². The van der Waals surface area contributed by atoms with Gasteiger partial charge in [-0.2, -0.15) is 18.2 Å². The summed E-state index contributed by atoms with van der Waals surface area (Å²) in [5, 5.41) is 3.50. The van der Waals surface area contributed by atoms with E-state index in [9.17, 15) is 17.6 Å². The third-order valence-corrected chi connectivity index (χ3v) is 3.40. The number of anilines is 2. The average molecular weight is 340 g/mol. The molecule has 2 aromatic heterocycles. The number of hydrogen-bond donors (Lipinski definition) is 2. The number of fused-ring (bicyclic) bond motifs is 1. The molecule has 1 atom stereocenters. The Morgan fingerprint density at radius 2 is 2.00 bits per heavy atom. The maximum absolute atomic E-state index is 13.2. The minimum Gasteiger partial charge on any atom is -0.459 e. The summed E-state index contributed by atoms with van der Waals surface area (Å²) in [6.45, 7) is 1.70. The number of hydrogen-bond acceptors (Lipinski definition) is 5. The van der Waals surface area contributed by atoms with E-state index in [0.717, 1.165) is 0 Å². The SMILES string of the molecule is C[C@@H](Nc1ncc(C(F)(F)F)c(N)n1)c1cc2ccc(F)cc2o1. The summed E-state index contributed by atoms with van der Waals surface area (Å²) in [5.74, 6) is -0.709. The van der Waals surface area contributed by atoms with E-state index in [2.05, 4.69) is 15.3 Å². The van der Waals surface area contributed by atoms with E-state index in [1.54, 1.807) is 19.1 Å². The Balaban J connectivity index is 1.83. The molecule has 0 fully saturated rings. The van der Waals surface area contributed by atoms with Crippen molar-refractivity contribution in [2.45, 2.75) is 19.1 Å². The van der Waals surface area contributed by atoms with Gasteiger partial charge >= 0.3 is 6.18 Å². The molecule has 0 saturated carbocycles. The Kier molecular flexibility index (Phi) is 3.78. The molecule has 0 amide bonds. The zero-order valence-corrected chi connectivity index (χ0v) is 12.4. The van der Waals surface area contributed by atoms with E-state index in [-0.39, 0.29) is 5.95 Å². The van der Waals surface area contributed by atoms with Gasteiger partial charge < -0.3 is 15.5 Å². The Morgan fingerprint density at radius 3 is 2.67 bits per heavy atom. The van der Waals surface area contributed by atoms with Gasteiger partial charge in [0.15, 0.2) is 0 Å². The molecule has 0 bridgehead atoms. The average Bonchev–Trinajstić information content (AvgIpc) is 2.89. The summed E-state index contributed by atoms with van der Waals surface area (Å²) in [6.07, 6.45) is -4.00. The normalized spacial score (nSPS) is 13.2. The van der Waals surface area contributed by atoms with Gasteiger partial charge in [-0.05, 0) is 25.1 Å². The maximum atomic E-state index is 13.2. The summed E-state index contributed by atoms with van der Waals surface area (Å²) in [4.78, 5) is 7.22. The molecule has 3 rings (SSSR count). The second-order valence-corrected chi connectivity index (χ2v) is 5.19. The molecule has 2 heterocycles. The largest absolute Gasteiger partial charge is 0.459 e. The number of nitrogens with one attached hydrogen (secondary N) is 1. The molecule has 5 nitrogen and oxygen atoms in total. The zero-order valence-electron chi connectivity index (χ0n) is 12.4. The lowest BCUT2D eigenvalue weighted by atomic mass is 10.2. The smallest absolute Gasteiger partial charge is 0.421 e. The highest BCUT2D eigenvalue weighted by molar-refractivity contribution is 5.78. The molecule has 0 spiro atoms. The summed E-state index contributed by atoms with van der Waals surface area (Å²) in [7, 11) is 0. The van der Waals surface area contributed by atoms with Crippen LogP contribution in [0.5, 0.6) is 0 Å². The van der Waals surface area contributed by atoms with Gasteiger partial charge in [0.2, 0.25) is 5.95 Å². The maximum Gasteiger partial charge on any atom is 0.421 e. The van der Waals surface area contributed by atoms with Crippen molar-refractivity contribution in [2.24, 2.45) is 0 Å². The summed E-state index contributed by atoms with van der Waals surface area (Å²) >= 11 is 0. The van der Waals surface area contributed by atoms with Crippen molar-refractivity contribution in [3.8, 4) is 0 Å². The second kappa shape index (κ2) is 5.66. The number of alkyl halides is 3. The standard InChI is InChI=1S/C15H12F4N4O/c1-7(11-4-8-2-3-9(16)5-12(8)24-11)22-14-21-6-10(13(20)23-14)15(17,18)19/h2-7H,1H3,(H3,20,21,22,23)/t7-/m1/s1. The predicted molar refractivity (Wildman–Crippen MR) is 79.7 cm³/mol. The number of nitrogen functional groups attached to an aromatic ring is 1. The Hall–Kier alpha value is -2.84. The third kappa shape index (κ3) is 3.10. The van der Waals surface area contributed by atoms with Gasteiger partial charge in [0.25, 0.3) is 0 Å². The van der Waals surface area contributed by atoms with E-state index in [0.29, 0.717) is 22.9 Å². The summed E-state index contributed by atoms with van der Waals surface area (Å²) < 4.78 is 56.6. The monoisotopic (exact) mass is 340 g/mol. The second-order valence-electron chi connectivity index (χ2n) is 5.19. The van der Waals surface area contributed by atoms with Gasteiger partial charge in [-0.1, -0.05) is 0 Å². The van der Waals surface area contributed by atoms with E-state index in [1.165, 1.54) is 12.1 Å². The first-order valence-electron chi connectivity index (χ1n) is 6.89. The van der Waals surface area contributed by atoms with Crippen LogP contribution in [0.1, 0.15) is 24.3 Å². The van der Waals surface area contributed by atoms with E-state index < -0.39 is 29.4 Å². The summed E-state index contributed by atoms with van der Waals surface area (Å²) in [6, 6.07) is 5.35. The van der Waals surface area contributed by atoms with Crippen LogP contribution in [-0.2, 0) is 6.18 Å². The lowest BCUT2D eigenvalue weighted by molar-refractivity contribution is -0.137. The molecular formula is C15H12F4N4O. The highest BCUT2D eigenvalue weighted by Gasteiger charge is 2.34. The fourth-order valence-electron chi connectivity index (χ4n) is 2.19. The number of benzene rings is 1. The Labute approximate surface area is 133 Å². The van der Waals surface area contributed by atoms with Crippen LogP contribution < -0.4 is 11.1 Å². The number of nitrogens with two attached hydrogens (primary N) is 1. The van der Waals surface area contributed by atoms with Crippen LogP contribution in [0.15, 0.2) is 34.9 Å². The predicted octanol–water partition coefficient (Wildman–Crippen LogP) is 4.14. The molecule has 0 saturated heterocycles. The minimum atomic E-state index is -4.61. The van der Waals surface area contributed by atoms with Gasteiger partial charge in [0.1, 0.15) is 28.5 Å². The molecule has 3 aromatic rings. The fraction of sp³-hybridized carbons (Fsp3) is 0.200. The van der Waals surface area contributed by atoms with Crippen LogP contribution >= 0.6 is 0 Å². The first-order valence-corrected chi connectivity index (χ1v) is 6.89. The van der Waals surface area contributed by atoms with Crippen molar-refractivity contribution < 1.29 is 22.0 Å². The molecular weight excluding hydrogens is 328 g/mol. The minimum absolute atomic E-state index is 0.0698. The van der Waals surface area contributed by atoms with E-state index in [1.807, 2.05) is 0 Å². The van der Waals surface area contributed by atoms with E-state index in [4.69, 9.17) is 10.2 Å². The van der Waals surface area contributed by atoms with Gasteiger partial charge in [0.05, 0.1) is 6.04 Å². The quantitative estimate of drug-likeness (QED) is 0.701. The number of rotatable bonds is 3. The molecule has 0 aliphatic rings. The molecule has 3 N–H and O–H groups in total. The molecule has 0 aliphatic carbocycles. The van der Waals surface area contributed by atoms with Crippen molar-refractivity contribution in [1.29, 1.82) is 0 Å². The van der Waals surface area contributed by atoms with Crippen LogP contribution in [0.3, 0.4) is 0 Å². The van der Waals surface area contributed by atoms with Crippen LogP contribution in [0, 0.1) is 5.82 Å². The molecule has 0 aliphatic heterocycles. The van der Waals surface area contributed by atoms with Gasteiger partial charge in [-0.15, -0.1) is 0 Å². The summed E-state index contributed by atoms with van der Waals surface area (Å²) in [5.41, 5.74) is 4.59. The molecule has 0 unspecified atom stereocenters. The first-order chi connectivity index (χ1) is 11.2. The van der Waals surface area contributed by atoms with E-state index >= 15 is 0 Å². The van der Waals surface area contributed by atoms with Gasteiger partial charge in [0, 0.05) is 17.6 Å². The van der Waals surface area contributed by atoms with Crippen LogP contribution in [-0.4, -0.2) is 9.97 Å². The fourth-order valence-corrected chi connectivity index (χ4v) is 2.19. The highest BCUT2D eigenvalue weighted by Crippen LogP contribution is 2.33. The van der Waals surface area contributed by atoms with Crippen LogP contribution in [0.25, 0.3) is 11.0 Å². The van der Waals surface area contributed by atoms with Crippen LogP contribution in [0.4, 0.5) is 29.3 Å². The number of furan rings is 1. The number of halogens is 4. The lowest BCUT2D eigenvalue weighted by Crippen LogP contribution is -2.14. The Morgan fingerprint density at radius 1 is 1.25 bits per heavy atom. The van der Waals surface area contributed by atoms with Crippen molar-refractivity contribution in [2.75, 3.05) is 11.1 Å². The number of aromatic nitrogens is 2. The third-order valence-electron chi connectivity index (χ3n) is 3.40. The van der Waals surface area contributed by atoms with Crippen LogP contribution in [0.2, 0.25) is 0 Å². The molecule has 9 heteroatoms. The lowest BCUT2D eigenvalue weighted by Gasteiger charge is -2.13. The zero-order chi connectivity index (χ0) is 17.5. The van der Waals surface area contributed by atoms with Gasteiger partial charge in [-0.25, -0.2) is 9.37 Å². The molecule has 0 radical (unpaired) electrons. The topological polar surface area (TPSA) is 77.0 Å². The molecule has 126 valence electrons. The number of nitrogens with zero attached hydrogens (tertiary/aromatic N) is 2. The van der Waals surface area contributed by atoms with Crippen molar-refractivity contribution in [3.63, 3.8) is 0 Å². The Bertz CT molecular complexity index is 891. The first kappa shape index (κ1) is 16.0. The highest BCUT2D eigenvalue weighted by atomic mass is 19.4. The van der Waals surface area contributed by atoms with Crippen molar-refractivity contribution in [1.82, 2.24) is 9.97 Å². The van der Waals surface area contributed by atoms with Crippen molar-refractivity contribution >= 4 is 22.7 Å². The van der Waals surface area contributed by atoms with Gasteiger partial charge in [-0.3, -0.25) is 0 Å². The molecule has 24 heavy (non-hydrogen) atoms.